The molecular formula is C101H124Br3Cl3N18O6. The van der Waals surface area contributed by atoms with Crippen molar-refractivity contribution in [3.8, 4) is 0 Å². The number of piperidine rings is 3. The standard InChI is InChI=1S/C35H44BrClN6O2.2C33H40BrClN6O2/c1-35(2,42-17-15-38-22-42)13-14-39-33(44)30-20-24(12-16-43(30)34(45)41-28-6-4-3-5-7-28)31-29-11-10-27(37)19-23(29)8-9-25-18-26(36)21-40-32(25)31;2*34-25-17-24-8-7-22-18-26(35)9-10-28(22)30(31(24)38-20-25)23-11-15-41(33(43)39-27-5-2-1-3-6-27)29(19-23)32(42)37-12-4-14-40-16-13-36-21-40/h10-11,15,17-19,21-22,24,28,30-31H,3-9,12-14,16,20H2,1-2H3,(H,39,44)(H,41,45);2*9-10,13,16-18,20-21,23,27,29-30H,1-8,11-12,14-15,19H2,(H,37,42)(H,39,43)/t24?,30?,31-;2*23?,29?,30-/m010/s1. The molecule has 3 aromatic carbocycles. The Bertz CT molecular complexity index is 5020. The van der Waals surface area contributed by atoms with Crippen LogP contribution in [0.2, 0.25) is 15.1 Å². The first-order chi connectivity index (χ1) is 63.6. The van der Waals surface area contributed by atoms with Gasteiger partial charge < -0.3 is 60.3 Å². The average Bonchev–Trinajstić information content (AvgIpc) is 1.72. The van der Waals surface area contributed by atoms with Crippen molar-refractivity contribution >= 4 is 118 Å². The lowest BCUT2D eigenvalue weighted by Crippen LogP contribution is -2.58. The van der Waals surface area contributed by atoms with Gasteiger partial charge in [0.25, 0.3) is 0 Å². The summed E-state index contributed by atoms with van der Waals surface area (Å²) in [5, 5.41) is 21.6. The van der Waals surface area contributed by atoms with Crippen molar-refractivity contribution in [3.63, 3.8) is 0 Å². The van der Waals surface area contributed by atoms with Gasteiger partial charge in [-0.25, -0.2) is 29.3 Å². The zero-order valence-corrected chi connectivity index (χ0v) is 82.3. The second-order valence-electron chi connectivity index (χ2n) is 38.1. The first-order valence-corrected chi connectivity index (χ1v) is 51.4. The zero-order chi connectivity index (χ0) is 91.1. The highest BCUT2D eigenvalue weighted by molar-refractivity contribution is 9.11. The number of carbonyl (C=O) groups is 6. The van der Waals surface area contributed by atoms with Gasteiger partial charge in [-0.15, -0.1) is 0 Å². The van der Waals surface area contributed by atoms with Gasteiger partial charge in [0.2, 0.25) is 17.7 Å². The van der Waals surface area contributed by atoms with Crippen molar-refractivity contribution in [2.75, 3.05) is 39.3 Å². The molecule has 30 heteroatoms. The number of nitrogens with one attached hydrogen (secondary N) is 6. The minimum Gasteiger partial charge on any atom is -0.354 e. The van der Waals surface area contributed by atoms with E-state index in [0.29, 0.717) is 58.5 Å². The quantitative estimate of drug-likeness (QED) is 0.0367. The third-order valence-electron chi connectivity index (χ3n) is 29.1. The monoisotopic (exact) mass is 2030 g/mol. The van der Waals surface area contributed by atoms with Gasteiger partial charge in [0, 0.05) is 178 Å². The maximum atomic E-state index is 14.1. The molecule has 24 nitrogen and oxygen atoms in total. The molecule has 9 aliphatic rings. The second-order valence-corrected chi connectivity index (χ2v) is 42.2. The lowest BCUT2D eigenvalue weighted by molar-refractivity contribution is -0.128. The third kappa shape index (κ3) is 24.1. The summed E-state index contributed by atoms with van der Waals surface area (Å²) < 4.78 is 8.98. The van der Waals surface area contributed by atoms with E-state index in [1.165, 1.54) is 69.3 Å². The number of imidazole rings is 3. The first kappa shape index (κ1) is 95.4. The number of nitrogens with zero attached hydrogens (tertiary/aromatic N) is 12. The predicted octanol–water partition coefficient (Wildman–Crippen LogP) is 19.5. The Morgan fingerprint density at radius 3 is 1.04 bits per heavy atom. The molecule has 9 heterocycles. The Morgan fingerprint density at radius 1 is 0.397 bits per heavy atom. The molecule has 131 heavy (non-hydrogen) atoms. The minimum atomic E-state index is -0.568. The van der Waals surface area contributed by atoms with Crippen LogP contribution in [-0.4, -0.2) is 170 Å². The molecule has 9 aromatic rings. The Kier molecular flexibility index (Phi) is 32.8. The maximum absolute atomic E-state index is 14.1. The lowest BCUT2D eigenvalue weighted by atomic mass is 9.74. The fourth-order valence-electron chi connectivity index (χ4n) is 22.1. The first-order valence-electron chi connectivity index (χ1n) is 47.8. The number of rotatable bonds is 21. The van der Waals surface area contributed by atoms with Crippen LogP contribution in [0.5, 0.6) is 0 Å². The normalized spacial score (nSPS) is 22.3. The summed E-state index contributed by atoms with van der Waals surface area (Å²) >= 11 is 30.3. The zero-order valence-electron chi connectivity index (χ0n) is 75.2. The number of aryl methyl sites for hydroxylation is 8. The topological polar surface area (TPSA) is 276 Å². The van der Waals surface area contributed by atoms with Crippen LogP contribution in [0, 0.1) is 17.8 Å². The molecular weight excluding hydrogens is 1910 g/mol. The Morgan fingerprint density at radius 2 is 0.718 bits per heavy atom. The molecule has 0 radical (unpaired) electrons. The molecule has 6 aromatic heterocycles. The average molecular weight is 2030 g/mol. The van der Waals surface area contributed by atoms with E-state index in [0.717, 1.165) is 213 Å². The number of benzene rings is 3. The van der Waals surface area contributed by atoms with E-state index >= 15 is 0 Å². The van der Waals surface area contributed by atoms with Crippen LogP contribution in [-0.2, 0) is 71.5 Å². The summed E-state index contributed by atoms with van der Waals surface area (Å²) in [6.45, 7) is 9.00. The summed E-state index contributed by atoms with van der Waals surface area (Å²) in [5.41, 5.74) is 14.1. The molecule has 3 saturated heterocycles. The number of hydrogen-bond acceptors (Lipinski definition) is 12. The fraction of sp³-hybridized carbons (Fsp3) is 0.525. The Balaban J connectivity index is 0.000000144. The molecule has 18 rings (SSSR count). The third-order valence-corrected chi connectivity index (χ3v) is 31.1. The number of aromatic nitrogens is 9. The van der Waals surface area contributed by atoms with Gasteiger partial charge in [-0.1, -0.05) is 111 Å². The van der Waals surface area contributed by atoms with Gasteiger partial charge in [-0.2, -0.15) is 0 Å². The number of hydrogen-bond donors (Lipinski definition) is 6. The summed E-state index contributed by atoms with van der Waals surface area (Å²) in [4.78, 5) is 116. The number of pyridine rings is 3. The van der Waals surface area contributed by atoms with Crippen LogP contribution >= 0.6 is 82.6 Å². The molecule has 6 aliphatic carbocycles. The van der Waals surface area contributed by atoms with Crippen molar-refractivity contribution in [1.29, 1.82) is 0 Å². The van der Waals surface area contributed by atoms with E-state index in [1.54, 1.807) is 45.9 Å². The van der Waals surface area contributed by atoms with E-state index in [2.05, 4.69) is 168 Å². The van der Waals surface area contributed by atoms with Crippen LogP contribution in [0.15, 0.2) is 161 Å². The van der Waals surface area contributed by atoms with E-state index in [-0.39, 0.29) is 95.0 Å². The van der Waals surface area contributed by atoms with Gasteiger partial charge in [0.15, 0.2) is 0 Å². The van der Waals surface area contributed by atoms with Crippen LogP contribution < -0.4 is 31.9 Å². The molecule has 9 atom stereocenters. The number of halogens is 6. The van der Waals surface area contributed by atoms with Crippen LogP contribution in [0.1, 0.15) is 253 Å². The minimum absolute atomic E-state index is 0.0156. The van der Waals surface area contributed by atoms with Gasteiger partial charge in [-0.05, 0) is 319 Å². The highest BCUT2D eigenvalue weighted by Gasteiger charge is 2.47. The van der Waals surface area contributed by atoms with Gasteiger partial charge in [0.05, 0.1) is 36.1 Å². The number of likely N-dealkylation sites (tertiary alicyclic amines) is 3. The second kappa shape index (κ2) is 45.1. The molecule has 3 aliphatic heterocycles. The molecule has 9 amide bonds. The van der Waals surface area contributed by atoms with Crippen LogP contribution in [0.25, 0.3) is 0 Å². The summed E-state index contributed by atoms with van der Waals surface area (Å²) in [7, 11) is 0. The number of urea groups is 3. The molecule has 3 saturated carbocycles. The highest BCUT2D eigenvalue weighted by Crippen LogP contribution is 2.49. The number of carbonyl (C=O) groups excluding carboxylic acids is 6. The van der Waals surface area contributed by atoms with Crippen LogP contribution in [0.3, 0.4) is 0 Å². The van der Waals surface area contributed by atoms with Crippen LogP contribution in [0.4, 0.5) is 14.4 Å². The number of fused-ring (bicyclic) bond motifs is 6. The van der Waals surface area contributed by atoms with Gasteiger partial charge >= 0.3 is 18.1 Å². The van der Waals surface area contributed by atoms with Crippen molar-refractivity contribution in [1.82, 2.24) is 90.2 Å². The van der Waals surface area contributed by atoms with Gasteiger partial charge in [0.1, 0.15) is 18.1 Å². The summed E-state index contributed by atoms with van der Waals surface area (Å²) in [5.74, 6) is 0.238. The highest BCUT2D eigenvalue weighted by atomic mass is 79.9. The summed E-state index contributed by atoms with van der Waals surface area (Å²) in [6.07, 6.45) is 50.4. The largest absolute Gasteiger partial charge is 0.354 e. The van der Waals surface area contributed by atoms with Crippen molar-refractivity contribution < 1.29 is 28.8 Å². The molecule has 6 fully saturated rings. The molecule has 6 unspecified atom stereocenters. The van der Waals surface area contributed by atoms with E-state index in [4.69, 9.17) is 49.8 Å². The van der Waals surface area contributed by atoms with Gasteiger partial charge in [-0.3, -0.25) is 29.3 Å². The van der Waals surface area contributed by atoms with E-state index in [1.807, 2.05) is 70.8 Å². The molecule has 0 bridgehead atoms. The van der Waals surface area contributed by atoms with Crippen molar-refractivity contribution in [2.45, 2.75) is 279 Å². The van der Waals surface area contributed by atoms with Crippen molar-refractivity contribution in [2.24, 2.45) is 17.8 Å². The molecule has 6 N–H and O–H groups in total. The lowest BCUT2D eigenvalue weighted by Gasteiger charge is -2.42. The Hall–Kier alpha value is -8.73. The number of amides is 9. The van der Waals surface area contributed by atoms with E-state index in [9.17, 15) is 28.8 Å². The van der Waals surface area contributed by atoms with E-state index < -0.39 is 18.1 Å². The fourth-order valence-corrected chi connectivity index (χ4v) is 23.9. The Labute approximate surface area is 810 Å². The smallest absolute Gasteiger partial charge is 0.318 e. The molecule has 0 spiro atoms. The molecule has 696 valence electrons. The van der Waals surface area contributed by atoms with Crippen molar-refractivity contribution in [3.05, 3.63) is 243 Å². The maximum Gasteiger partial charge on any atom is 0.318 e. The SMILES string of the molecule is CC(C)(CCNC(=O)C1CC([C@H]2c3ccc(Cl)cc3CCc3cc(Br)cnc32)CCN1C(=O)NC1CCCCC1)n1ccnc1.O=C(NCCCn1ccnc1)C1CC([C@@H]2c3ccc(Cl)cc3CCc3cc(Br)cnc32)CCN1C(=O)NC1CCCCC1.O=C(NCCCn1ccnc1)C1CC([C@H]2c3ccc(Cl)cc3CCc3cc(Br)cnc32)CCN1C(=O)NC1CCCCC1. The predicted molar refractivity (Wildman–Crippen MR) is 523 cm³/mol. The summed E-state index contributed by atoms with van der Waals surface area (Å²) in [6, 6.07) is 23.7.